The highest BCUT2D eigenvalue weighted by molar-refractivity contribution is 7.92. The van der Waals surface area contributed by atoms with E-state index >= 15 is 0 Å². The molecule has 0 atom stereocenters. The van der Waals surface area contributed by atoms with E-state index in [1.807, 2.05) is 19.1 Å². The van der Waals surface area contributed by atoms with Gasteiger partial charge in [-0.3, -0.25) is 4.31 Å². The number of rotatable bonds is 3. The third-order valence-electron chi connectivity index (χ3n) is 3.65. The van der Waals surface area contributed by atoms with Crippen LogP contribution in [0.25, 0.3) is 0 Å². The quantitative estimate of drug-likeness (QED) is 0.830. The molecule has 17 heavy (non-hydrogen) atoms. The summed E-state index contributed by atoms with van der Waals surface area (Å²) >= 11 is 0. The van der Waals surface area contributed by atoms with Gasteiger partial charge in [0.1, 0.15) is 0 Å². The van der Waals surface area contributed by atoms with Crippen molar-refractivity contribution in [2.75, 3.05) is 17.6 Å². The maximum Gasteiger partial charge on any atom is 0.232 e. The maximum atomic E-state index is 11.6. The van der Waals surface area contributed by atoms with Gasteiger partial charge >= 0.3 is 0 Å². The van der Waals surface area contributed by atoms with Gasteiger partial charge < -0.3 is 0 Å². The van der Waals surface area contributed by atoms with E-state index in [0.29, 0.717) is 5.92 Å². The van der Waals surface area contributed by atoms with Crippen LogP contribution in [0.5, 0.6) is 0 Å². The SMILES string of the molecule is Cc1ccc(C2CCC2)cc1N(C)S(C)(=O)=O. The van der Waals surface area contributed by atoms with Gasteiger partial charge in [0.25, 0.3) is 0 Å². The molecule has 0 spiro atoms. The largest absolute Gasteiger partial charge is 0.273 e. The lowest BCUT2D eigenvalue weighted by atomic mass is 9.80. The summed E-state index contributed by atoms with van der Waals surface area (Å²) < 4.78 is 24.5. The molecule has 1 saturated carbocycles. The summed E-state index contributed by atoms with van der Waals surface area (Å²) in [6, 6.07) is 6.17. The van der Waals surface area contributed by atoms with Crippen molar-refractivity contribution in [3.8, 4) is 0 Å². The number of nitrogens with zero attached hydrogens (tertiary/aromatic N) is 1. The predicted molar refractivity (Wildman–Crippen MR) is 71.0 cm³/mol. The molecular weight excluding hydrogens is 234 g/mol. The summed E-state index contributed by atoms with van der Waals surface area (Å²) in [5.41, 5.74) is 3.07. The zero-order valence-electron chi connectivity index (χ0n) is 10.6. The van der Waals surface area contributed by atoms with Crippen LogP contribution in [0.3, 0.4) is 0 Å². The van der Waals surface area contributed by atoms with Crippen LogP contribution in [0.1, 0.15) is 36.3 Å². The van der Waals surface area contributed by atoms with Crippen molar-refractivity contribution in [3.05, 3.63) is 29.3 Å². The molecule has 1 aromatic rings. The highest BCUT2D eigenvalue weighted by Crippen LogP contribution is 2.38. The topological polar surface area (TPSA) is 37.4 Å². The van der Waals surface area contributed by atoms with E-state index in [2.05, 4.69) is 6.07 Å². The molecular formula is C13H19NO2S. The third-order valence-corrected chi connectivity index (χ3v) is 4.84. The lowest BCUT2D eigenvalue weighted by molar-refractivity contribution is 0.420. The normalized spacial score (nSPS) is 16.6. The fraction of sp³-hybridized carbons (Fsp3) is 0.538. The maximum absolute atomic E-state index is 11.6. The van der Waals surface area contributed by atoms with Crippen LogP contribution in [0.4, 0.5) is 5.69 Å². The molecule has 4 heteroatoms. The Bertz CT molecular complexity index is 518. The monoisotopic (exact) mass is 253 g/mol. The Morgan fingerprint density at radius 3 is 2.41 bits per heavy atom. The average molecular weight is 253 g/mol. The Labute approximate surface area is 104 Å². The van der Waals surface area contributed by atoms with E-state index in [1.54, 1.807) is 7.05 Å². The lowest BCUT2D eigenvalue weighted by Gasteiger charge is -2.28. The van der Waals surface area contributed by atoms with Crippen LogP contribution in [0, 0.1) is 6.92 Å². The highest BCUT2D eigenvalue weighted by Gasteiger charge is 2.21. The molecule has 1 aliphatic rings. The Morgan fingerprint density at radius 1 is 1.29 bits per heavy atom. The molecule has 0 radical (unpaired) electrons. The van der Waals surface area contributed by atoms with Crippen LogP contribution in [-0.2, 0) is 10.0 Å². The third kappa shape index (κ3) is 2.46. The van der Waals surface area contributed by atoms with Crippen LogP contribution in [-0.4, -0.2) is 21.7 Å². The van der Waals surface area contributed by atoms with Crippen molar-refractivity contribution in [1.29, 1.82) is 0 Å². The van der Waals surface area contributed by atoms with Gasteiger partial charge in [0.15, 0.2) is 0 Å². The first-order valence-corrected chi connectivity index (χ1v) is 7.79. The van der Waals surface area contributed by atoms with Crippen LogP contribution in [0.15, 0.2) is 18.2 Å². The molecule has 1 fully saturated rings. The fourth-order valence-electron chi connectivity index (χ4n) is 2.14. The van der Waals surface area contributed by atoms with Gasteiger partial charge in [0, 0.05) is 7.05 Å². The van der Waals surface area contributed by atoms with E-state index in [1.165, 1.54) is 35.4 Å². The average Bonchev–Trinajstić information content (AvgIpc) is 2.15. The number of sulfonamides is 1. The molecule has 0 amide bonds. The first-order chi connectivity index (χ1) is 7.89. The van der Waals surface area contributed by atoms with Crippen LogP contribution >= 0.6 is 0 Å². The second kappa shape index (κ2) is 4.33. The molecule has 1 aliphatic carbocycles. The molecule has 94 valence electrons. The van der Waals surface area contributed by atoms with Crippen molar-refractivity contribution in [2.24, 2.45) is 0 Å². The number of aryl methyl sites for hydroxylation is 1. The van der Waals surface area contributed by atoms with Gasteiger partial charge in [-0.2, -0.15) is 0 Å². The van der Waals surface area contributed by atoms with Crippen molar-refractivity contribution < 1.29 is 8.42 Å². The molecule has 0 unspecified atom stereocenters. The second-order valence-corrected chi connectivity index (χ2v) is 6.92. The first kappa shape index (κ1) is 12.4. The Hall–Kier alpha value is -1.03. The fourth-order valence-corrected chi connectivity index (χ4v) is 2.69. The van der Waals surface area contributed by atoms with Crippen molar-refractivity contribution in [1.82, 2.24) is 0 Å². The van der Waals surface area contributed by atoms with Crippen LogP contribution < -0.4 is 4.31 Å². The predicted octanol–water partition coefficient (Wildman–Crippen LogP) is 2.66. The number of benzene rings is 1. The summed E-state index contributed by atoms with van der Waals surface area (Å²) in [6.07, 6.45) is 4.98. The Balaban J connectivity index is 2.38. The first-order valence-electron chi connectivity index (χ1n) is 5.94. The summed E-state index contributed by atoms with van der Waals surface area (Å²) in [5.74, 6) is 0.627. The molecule has 0 saturated heterocycles. The van der Waals surface area contributed by atoms with E-state index in [0.717, 1.165) is 11.3 Å². The van der Waals surface area contributed by atoms with Gasteiger partial charge in [-0.05, 0) is 42.9 Å². The van der Waals surface area contributed by atoms with E-state index < -0.39 is 10.0 Å². The molecule has 0 heterocycles. The minimum absolute atomic E-state index is 0.627. The summed E-state index contributed by atoms with van der Waals surface area (Å²) in [7, 11) is -1.56. The Morgan fingerprint density at radius 2 is 1.94 bits per heavy atom. The summed E-state index contributed by atoms with van der Waals surface area (Å²) in [6.45, 7) is 1.95. The standard InChI is InChI=1S/C13H19NO2S/c1-10-7-8-12(11-5-4-6-11)9-13(10)14(2)17(3,15)16/h7-9,11H,4-6H2,1-3H3. The molecule has 0 aliphatic heterocycles. The molecule has 3 nitrogen and oxygen atoms in total. The van der Waals surface area contributed by atoms with Gasteiger partial charge in [-0.15, -0.1) is 0 Å². The zero-order chi connectivity index (χ0) is 12.6. The second-order valence-electron chi connectivity index (χ2n) is 4.90. The van der Waals surface area contributed by atoms with Gasteiger partial charge in [-0.25, -0.2) is 8.42 Å². The molecule has 1 aromatic carbocycles. The molecule has 0 bridgehead atoms. The van der Waals surface area contributed by atoms with E-state index in [-0.39, 0.29) is 0 Å². The van der Waals surface area contributed by atoms with E-state index in [4.69, 9.17) is 0 Å². The van der Waals surface area contributed by atoms with Gasteiger partial charge in [0.05, 0.1) is 11.9 Å². The minimum Gasteiger partial charge on any atom is -0.273 e. The van der Waals surface area contributed by atoms with Gasteiger partial charge in [-0.1, -0.05) is 18.6 Å². The zero-order valence-corrected chi connectivity index (χ0v) is 11.4. The Kier molecular flexibility index (Phi) is 3.17. The number of hydrogen-bond donors (Lipinski definition) is 0. The number of anilines is 1. The number of hydrogen-bond acceptors (Lipinski definition) is 2. The van der Waals surface area contributed by atoms with Crippen molar-refractivity contribution in [3.63, 3.8) is 0 Å². The van der Waals surface area contributed by atoms with Crippen LogP contribution in [0.2, 0.25) is 0 Å². The lowest BCUT2D eigenvalue weighted by Crippen LogP contribution is -2.26. The van der Waals surface area contributed by atoms with Crippen molar-refractivity contribution >= 4 is 15.7 Å². The molecule has 0 N–H and O–H groups in total. The highest BCUT2D eigenvalue weighted by atomic mass is 32.2. The smallest absolute Gasteiger partial charge is 0.232 e. The van der Waals surface area contributed by atoms with Crippen molar-refractivity contribution in [2.45, 2.75) is 32.1 Å². The molecule has 0 aromatic heterocycles. The summed E-state index contributed by atoms with van der Waals surface area (Å²) in [4.78, 5) is 0. The summed E-state index contributed by atoms with van der Waals surface area (Å²) in [5, 5.41) is 0. The molecule has 2 rings (SSSR count). The minimum atomic E-state index is -3.18. The van der Waals surface area contributed by atoms with E-state index in [9.17, 15) is 8.42 Å². The van der Waals surface area contributed by atoms with Gasteiger partial charge in [0.2, 0.25) is 10.0 Å².